The third kappa shape index (κ3) is 3.04. The van der Waals surface area contributed by atoms with E-state index in [4.69, 9.17) is 16.2 Å². The van der Waals surface area contributed by atoms with Gasteiger partial charge in [-0.2, -0.15) is 0 Å². The third-order valence-corrected chi connectivity index (χ3v) is 5.50. The normalized spacial score (nSPS) is 39.5. The van der Waals surface area contributed by atoms with Crippen LogP contribution in [0.15, 0.2) is 35.8 Å². The Balaban J connectivity index is 1.57. The molecule has 2 fully saturated rings. The summed E-state index contributed by atoms with van der Waals surface area (Å²) in [4.78, 5) is 4.73. The van der Waals surface area contributed by atoms with E-state index in [1.54, 1.807) is 0 Å². The molecule has 0 bridgehead atoms. The van der Waals surface area contributed by atoms with E-state index >= 15 is 0 Å². The molecule has 8 nitrogen and oxygen atoms in total. The van der Waals surface area contributed by atoms with E-state index in [-0.39, 0.29) is 24.7 Å². The number of ether oxygens (including phenoxy) is 1. The van der Waals surface area contributed by atoms with Crippen molar-refractivity contribution >= 4 is 0 Å². The highest BCUT2D eigenvalue weighted by atomic mass is 16.5. The minimum atomic E-state index is -0.0799. The van der Waals surface area contributed by atoms with E-state index in [2.05, 4.69) is 57.0 Å². The van der Waals surface area contributed by atoms with Crippen molar-refractivity contribution in [2.24, 2.45) is 11.5 Å². The highest BCUT2D eigenvalue weighted by Gasteiger charge is 2.44. The molecule has 7 N–H and O–H groups in total. The Morgan fingerprint density at radius 2 is 1.92 bits per heavy atom. The van der Waals surface area contributed by atoms with Gasteiger partial charge in [-0.05, 0) is 6.42 Å². The third-order valence-electron chi connectivity index (χ3n) is 5.50. The number of nitrogens with two attached hydrogens (primary N) is 2. The Kier molecular flexibility index (Phi) is 4.70. The lowest BCUT2D eigenvalue weighted by molar-refractivity contribution is -0.00748. The maximum atomic E-state index is 6.30. The van der Waals surface area contributed by atoms with Gasteiger partial charge in [0.05, 0.1) is 31.1 Å². The van der Waals surface area contributed by atoms with E-state index in [1.807, 2.05) is 0 Å². The van der Waals surface area contributed by atoms with E-state index in [1.165, 1.54) is 0 Å². The molecule has 0 amide bonds. The van der Waals surface area contributed by atoms with Gasteiger partial charge in [0.15, 0.2) is 0 Å². The van der Waals surface area contributed by atoms with Crippen molar-refractivity contribution in [3.8, 4) is 0 Å². The number of rotatable bonds is 3. The number of hydrogen-bond donors (Lipinski definition) is 5. The first kappa shape index (κ1) is 16.9. The van der Waals surface area contributed by atoms with Crippen molar-refractivity contribution in [3.63, 3.8) is 0 Å². The molecular weight excluding hydrogens is 318 g/mol. The van der Waals surface area contributed by atoms with Gasteiger partial charge in [0.2, 0.25) is 0 Å². The molecule has 0 saturated carbocycles. The number of fused-ring (bicyclic) bond motifs is 1. The molecule has 5 atom stereocenters. The Morgan fingerprint density at radius 3 is 2.68 bits per heavy atom. The maximum Gasteiger partial charge on any atom is 0.139 e. The minimum Gasteiger partial charge on any atom is -0.397 e. The summed E-state index contributed by atoms with van der Waals surface area (Å²) in [7, 11) is 0. The fourth-order valence-corrected chi connectivity index (χ4v) is 4.19. The van der Waals surface area contributed by atoms with E-state index < -0.39 is 0 Å². The zero-order valence-corrected chi connectivity index (χ0v) is 14.7. The first-order valence-electron chi connectivity index (χ1n) is 9.17. The van der Waals surface area contributed by atoms with Crippen molar-refractivity contribution < 1.29 is 4.74 Å². The molecule has 3 aliphatic heterocycles. The Hall–Kier alpha value is -1.58. The average Bonchev–Trinajstić information content (AvgIpc) is 3.03. The van der Waals surface area contributed by atoms with Crippen LogP contribution in [0.25, 0.3) is 0 Å². The molecule has 5 unspecified atom stereocenters. The Labute approximate surface area is 148 Å². The summed E-state index contributed by atoms with van der Waals surface area (Å²) < 4.78 is 5.47. The Bertz CT molecular complexity index is 584. The van der Waals surface area contributed by atoms with Crippen molar-refractivity contribution in [2.45, 2.75) is 44.0 Å². The minimum absolute atomic E-state index is 0.0742. The van der Waals surface area contributed by atoms with Crippen LogP contribution >= 0.6 is 0 Å². The first-order valence-corrected chi connectivity index (χ1v) is 9.17. The van der Waals surface area contributed by atoms with Crippen LogP contribution in [0.1, 0.15) is 13.3 Å². The van der Waals surface area contributed by atoms with Crippen molar-refractivity contribution in [1.82, 2.24) is 25.8 Å². The van der Waals surface area contributed by atoms with Crippen LogP contribution in [0.3, 0.4) is 0 Å². The summed E-state index contributed by atoms with van der Waals surface area (Å²) in [5.41, 5.74) is 13.2. The second-order valence-electron chi connectivity index (χ2n) is 6.96. The predicted molar refractivity (Wildman–Crippen MR) is 96.5 cm³/mol. The second-order valence-corrected chi connectivity index (χ2v) is 6.96. The van der Waals surface area contributed by atoms with Crippen molar-refractivity contribution in [1.29, 1.82) is 0 Å². The van der Waals surface area contributed by atoms with Gasteiger partial charge in [-0.25, -0.2) is 4.90 Å². The Morgan fingerprint density at radius 1 is 1.16 bits per heavy atom. The van der Waals surface area contributed by atoms with Crippen molar-refractivity contribution in [2.75, 3.05) is 26.3 Å². The molecule has 0 radical (unpaired) electrons. The highest BCUT2D eigenvalue weighted by Crippen LogP contribution is 2.27. The number of nitrogens with one attached hydrogen (secondary N) is 3. The van der Waals surface area contributed by atoms with E-state index in [0.717, 1.165) is 32.7 Å². The SMILES string of the molecule is CCC1NC2C=CC=CC2N1C1NC(N)=C(N)C(N2CCOCC2)N1. The molecule has 138 valence electrons. The van der Waals surface area contributed by atoms with Gasteiger partial charge in [0, 0.05) is 19.1 Å². The largest absolute Gasteiger partial charge is 0.397 e. The lowest BCUT2D eigenvalue weighted by Crippen LogP contribution is -2.69. The molecule has 0 spiro atoms. The van der Waals surface area contributed by atoms with Gasteiger partial charge in [0.25, 0.3) is 0 Å². The highest BCUT2D eigenvalue weighted by molar-refractivity contribution is 5.25. The number of nitrogens with zero attached hydrogens (tertiary/aromatic N) is 2. The van der Waals surface area contributed by atoms with Gasteiger partial charge in [0.1, 0.15) is 18.3 Å². The van der Waals surface area contributed by atoms with Gasteiger partial charge < -0.3 is 21.5 Å². The summed E-state index contributed by atoms with van der Waals surface area (Å²) >= 11 is 0. The smallest absolute Gasteiger partial charge is 0.139 e. The standard InChI is InChI=1S/C17H29N7O/c1-2-13-20-11-5-3-4-6-12(11)24(13)17-21-15(19)14(18)16(22-17)23-7-9-25-10-8-23/h3-6,11-13,16-17,20-22H,2,7-10,18-19H2,1H3. The van der Waals surface area contributed by atoms with Crippen LogP contribution in [0.5, 0.6) is 0 Å². The number of allylic oxidation sites excluding steroid dienone is 2. The fraction of sp³-hybridized carbons (Fsp3) is 0.647. The summed E-state index contributed by atoms with van der Waals surface area (Å²) in [5.74, 6) is 0.564. The zero-order valence-electron chi connectivity index (χ0n) is 14.7. The first-order chi connectivity index (χ1) is 12.2. The summed E-state index contributed by atoms with van der Waals surface area (Å²) in [6.45, 7) is 5.35. The quantitative estimate of drug-likeness (QED) is 0.430. The van der Waals surface area contributed by atoms with Crippen LogP contribution in [-0.4, -0.2) is 66.8 Å². The molecule has 4 aliphatic rings. The van der Waals surface area contributed by atoms with Gasteiger partial charge >= 0.3 is 0 Å². The molecular formula is C17H29N7O. The van der Waals surface area contributed by atoms with E-state index in [0.29, 0.717) is 17.6 Å². The zero-order chi connectivity index (χ0) is 17.4. The van der Waals surface area contributed by atoms with E-state index in [9.17, 15) is 0 Å². The summed E-state index contributed by atoms with van der Waals surface area (Å²) in [6, 6.07) is 0.613. The monoisotopic (exact) mass is 347 g/mol. The fourth-order valence-electron chi connectivity index (χ4n) is 4.19. The number of hydrogen-bond acceptors (Lipinski definition) is 8. The number of morpholine rings is 1. The summed E-state index contributed by atoms with van der Waals surface area (Å²) in [5, 5.41) is 10.7. The maximum absolute atomic E-state index is 6.30. The van der Waals surface area contributed by atoms with Crippen LogP contribution in [-0.2, 0) is 4.74 Å². The average molecular weight is 347 g/mol. The molecule has 1 aliphatic carbocycles. The molecule has 3 heterocycles. The molecule has 0 aromatic heterocycles. The van der Waals surface area contributed by atoms with Crippen LogP contribution < -0.4 is 27.4 Å². The van der Waals surface area contributed by atoms with Crippen LogP contribution in [0, 0.1) is 0 Å². The summed E-state index contributed by atoms with van der Waals surface area (Å²) in [6.07, 6.45) is 9.82. The van der Waals surface area contributed by atoms with Gasteiger partial charge in [-0.1, -0.05) is 31.2 Å². The second kappa shape index (κ2) is 6.97. The lowest BCUT2D eigenvalue weighted by atomic mass is 10.0. The van der Waals surface area contributed by atoms with Crippen molar-refractivity contribution in [3.05, 3.63) is 35.8 Å². The molecule has 0 aromatic carbocycles. The molecule has 25 heavy (non-hydrogen) atoms. The molecule has 4 rings (SSSR count). The predicted octanol–water partition coefficient (Wildman–Crippen LogP) is -1.29. The van der Waals surface area contributed by atoms with Crippen LogP contribution in [0.2, 0.25) is 0 Å². The molecule has 0 aromatic rings. The lowest BCUT2D eigenvalue weighted by Gasteiger charge is -2.46. The topological polar surface area (TPSA) is 104 Å². The van der Waals surface area contributed by atoms with Crippen LogP contribution in [0.4, 0.5) is 0 Å². The molecule has 8 heteroatoms. The van der Waals surface area contributed by atoms with Gasteiger partial charge in [-0.15, -0.1) is 0 Å². The van der Waals surface area contributed by atoms with Gasteiger partial charge in [-0.3, -0.25) is 15.5 Å². The molecule has 2 saturated heterocycles.